The van der Waals surface area contributed by atoms with Crippen LogP contribution in [-0.2, 0) is 10.2 Å². The molecule has 0 radical (unpaired) electrons. The minimum Gasteiger partial charge on any atom is -0.497 e. The molecule has 1 aliphatic rings. The Morgan fingerprint density at radius 2 is 1.53 bits per heavy atom. The van der Waals surface area contributed by atoms with Crippen LogP contribution < -0.4 is 14.8 Å². The Morgan fingerprint density at radius 1 is 0.900 bits per heavy atom. The van der Waals surface area contributed by atoms with Crippen LogP contribution in [0.2, 0.25) is 0 Å². The number of methoxy groups -OCH3 is 2. The molecule has 0 unspecified atom stereocenters. The Labute approximate surface area is 177 Å². The first kappa shape index (κ1) is 20.0. The summed E-state index contributed by atoms with van der Waals surface area (Å²) in [6.07, 6.45) is 0.776. The maximum Gasteiger partial charge on any atom is 0.228 e. The van der Waals surface area contributed by atoms with E-state index < -0.39 is 0 Å². The van der Waals surface area contributed by atoms with Crippen molar-refractivity contribution < 1.29 is 14.3 Å². The lowest BCUT2D eigenvalue weighted by Gasteiger charge is -2.20. The Balaban J connectivity index is 1.70. The van der Waals surface area contributed by atoms with E-state index in [-0.39, 0.29) is 17.2 Å². The van der Waals surface area contributed by atoms with Crippen LogP contribution in [0.3, 0.4) is 0 Å². The lowest BCUT2D eigenvalue weighted by atomic mass is 9.84. The Bertz CT molecular complexity index is 1040. The summed E-state index contributed by atoms with van der Waals surface area (Å²) < 4.78 is 10.7. The standard InChI is InChI=1S/C26H27NO3/c1-17-7-5-9-19(13-17)26(20-10-6-8-18(2)14-20)16-22(26)25(28)27-23-15-21(29-3)11-12-24(23)30-4/h5-15,22H,16H2,1-4H3,(H,27,28)/t22-/m1/s1. The molecule has 0 heterocycles. The number of aryl methyl sites for hydroxylation is 2. The number of benzene rings is 3. The van der Waals surface area contributed by atoms with Gasteiger partial charge in [0.05, 0.1) is 25.8 Å². The van der Waals surface area contributed by atoms with Crippen LogP contribution in [0, 0.1) is 19.8 Å². The molecule has 0 aliphatic heterocycles. The van der Waals surface area contributed by atoms with Crippen molar-refractivity contribution >= 4 is 11.6 Å². The largest absolute Gasteiger partial charge is 0.497 e. The molecule has 3 aromatic carbocycles. The minimum absolute atomic E-state index is 0.00966. The first-order valence-corrected chi connectivity index (χ1v) is 10.1. The SMILES string of the molecule is COc1ccc(OC)c(NC(=O)[C@H]2CC2(c2cccc(C)c2)c2cccc(C)c2)c1. The predicted molar refractivity (Wildman–Crippen MR) is 119 cm³/mol. The summed E-state index contributed by atoms with van der Waals surface area (Å²) in [6, 6.07) is 22.4. The third kappa shape index (κ3) is 3.54. The molecule has 154 valence electrons. The van der Waals surface area contributed by atoms with E-state index in [4.69, 9.17) is 9.47 Å². The van der Waals surface area contributed by atoms with E-state index in [2.05, 4.69) is 67.7 Å². The second kappa shape index (κ2) is 7.86. The molecule has 1 fully saturated rings. The van der Waals surface area contributed by atoms with Gasteiger partial charge in [-0.3, -0.25) is 4.79 Å². The van der Waals surface area contributed by atoms with Crippen molar-refractivity contribution in [3.63, 3.8) is 0 Å². The molecule has 1 saturated carbocycles. The van der Waals surface area contributed by atoms with Gasteiger partial charge >= 0.3 is 0 Å². The fraction of sp³-hybridized carbons (Fsp3) is 0.269. The van der Waals surface area contributed by atoms with Gasteiger partial charge in [-0.1, -0.05) is 59.7 Å². The molecule has 3 aromatic rings. The zero-order valence-corrected chi connectivity index (χ0v) is 17.9. The van der Waals surface area contributed by atoms with Gasteiger partial charge in [-0.25, -0.2) is 0 Å². The second-order valence-corrected chi connectivity index (χ2v) is 8.02. The highest BCUT2D eigenvalue weighted by Gasteiger charge is 2.60. The molecule has 4 heteroatoms. The second-order valence-electron chi connectivity index (χ2n) is 8.02. The van der Waals surface area contributed by atoms with E-state index in [1.54, 1.807) is 26.4 Å². The van der Waals surface area contributed by atoms with Crippen LogP contribution in [0.4, 0.5) is 5.69 Å². The topological polar surface area (TPSA) is 47.6 Å². The van der Waals surface area contributed by atoms with E-state index in [1.165, 1.54) is 22.3 Å². The van der Waals surface area contributed by atoms with Crippen molar-refractivity contribution in [2.45, 2.75) is 25.7 Å². The number of hydrogen-bond donors (Lipinski definition) is 1. The quantitative estimate of drug-likeness (QED) is 0.612. The maximum atomic E-state index is 13.4. The van der Waals surface area contributed by atoms with Crippen molar-refractivity contribution in [1.82, 2.24) is 0 Å². The predicted octanol–water partition coefficient (Wildman–Crippen LogP) is 5.27. The lowest BCUT2D eigenvalue weighted by Crippen LogP contribution is -2.22. The molecule has 0 saturated heterocycles. The Kier molecular flexibility index (Phi) is 5.25. The van der Waals surface area contributed by atoms with Gasteiger partial charge in [0.1, 0.15) is 11.5 Å². The maximum absolute atomic E-state index is 13.4. The average Bonchev–Trinajstić information content (AvgIpc) is 3.51. The van der Waals surface area contributed by atoms with Crippen LogP contribution in [-0.4, -0.2) is 20.1 Å². The fourth-order valence-corrected chi connectivity index (χ4v) is 4.36. The summed E-state index contributed by atoms with van der Waals surface area (Å²) in [6.45, 7) is 4.18. The molecule has 0 spiro atoms. The minimum atomic E-state index is -0.311. The molecule has 0 bridgehead atoms. The van der Waals surface area contributed by atoms with Crippen LogP contribution in [0.25, 0.3) is 0 Å². The lowest BCUT2D eigenvalue weighted by molar-refractivity contribution is -0.117. The molecule has 4 rings (SSSR count). The van der Waals surface area contributed by atoms with Gasteiger partial charge in [-0.15, -0.1) is 0 Å². The van der Waals surface area contributed by atoms with Crippen LogP contribution >= 0.6 is 0 Å². The van der Waals surface area contributed by atoms with Gasteiger partial charge in [-0.05, 0) is 43.5 Å². The van der Waals surface area contributed by atoms with Gasteiger partial charge in [0.15, 0.2) is 0 Å². The third-order valence-electron chi connectivity index (χ3n) is 6.01. The zero-order valence-electron chi connectivity index (χ0n) is 17.9. The Morgan fingerprint density at radius 3 is 2.07 bits per heavy atom. The molecule has 1 N–H and O–H groups in total. The van der Waals surface area contributed by atoms with Crippen LogP contribution in [0.5, 0.6) is 11.5 Å². The molecular formula is C26H27NO3. The summed E-state index contributed by atoms with van der Waals surface area (Å²) in [4.78, 5) is 13.4. The summed E-state index contributed by atoms with van der Waals surface area (Å²) in [5, 5.41) is 3.08. The summed E-state index contributed by atoms with van der Waals surface area (Å²) in [7, 11) is 3.20. The third-order valence-corrected chi connectivity index (χ3v) is 6.01. The van der Waals surface area contributed by atoms with Crippen LogP contribution in [0.15, 0.2) is 66.7 Å². The van der Waals surface area contributed by atoms with E-state index in [0.29, 0.717) is 17.2 Å². The number of rotatable bonds is 6. The van der Waals surface area contributed by atoms with Crippen LogP contribution in [0.1, 0.15) is 28.7 Å². The highest BCUT2D eigenvalue weighted by atomic mass is 16.5. The van der Waals surface area contributed by atoms with Crippen molar-refractivity contribution in [2.24, 2.45) is 5.92 Å². The van der Waals surface area contributed by atoms with Crippen molar-refractivity contribution in [2.75, 3.05) is 19.5 Å². The summed E-state index contributed by atoms with van der Waals surface area (Å²) in [5.74, 6) is 1.12. The number of carbonyl (C=O) groups excluding carboxylic acids is 1. The number of nitrogens with one attached hydrogen (secondary N) is 1. The number of anilines is 1. The summed E-state index contributed by atoms with van der Waals surface area (Å²) >= 11 is 0. The van der Waals surface area contributed by atoms with Gasteiger partial charge in [-0.2, -0.15) is 0 Å². The van der Waals surface area contributed by atoms with Gasteiger partial charge in [0.25, 0.3) is 0 Å². The van der Waals surface area contributed by atoms with Gasteiger partial charge in [0.2, 0.25) is 5.91 Å². The Hall–Kier alpha value is -3.27. The van der Waals surface area contributed by atoms with Gasteiger partial charge in [0, 0.05) is 11.5 Å². The van der Waals surface area contributed by atoms with Crippen molar-refractivity contribution in [1.29, 1.82) is 0 Å². The molecular weight excluding hydrogens is 374 g/mol. The monoisotopic (exact) mass is 401 g/mol. The van der Waals surface area contributed by atoms with E-state index in [0.717, 1.165) is 6.42 Å². The number of hydrogen-bond acceptors (Lipinski definition) is 3. The molecule has 1 amide bonds. The normalized spacial score (nSPS) is 16.6. The molecule has 0 aromatic heterocycles. The fourth-order valence-electron chi connectivity index (χ4n) is 4.36. The highest BCUT2D eigenvalue weighted by molar-refractivity contribution is 5.98. The van der Waals surface area contributed by atoms with E-state index >= 15 is 0 Å². The molecule has 1 atom stereocenters. The zero-order chi connectivity index (χ0) is 21.3. The first-order chi connectivity index (χ1) is 14.5. The van der Waals surface area contributed by atoms with E-state index in [1.807, 2.05) is 6.07 Å². The summed E-state index contributed by atoms with van der Waals surface area (Å²) in [5.41, 5.74) is 5.07. The van der Waals surface area contributed by atoms with Crippen molar-refractivity contribution in [3.05, 3.63) is 89.0 Å². The average molecular weight is 402 g/mol. The number of carbonyl (C=O) groups is 1. The van der Waals surface area contributed by atoms with Gasteiger partial charge < -0.3 is 14.8 Å². The molecule has 4 nitrogen and oxygen atoms in total. The smallest absolute Gasteiger partial charge is 0.228 e. The number of amides is 1. The molecule has 30 heavy (non-hydrogen) atoms. The molecule has 1 aliphatic carbocycles. The van der Waals surface area contributed by atoms with Crippen molar-refractivity contribution in [3.8, 4) is 11.5 Å². The highest BCUT2D eigenvalue weighted by Crippen LogP contribution is 2.59. The number of ether oxygens (including phenoxy) is 2. The van der Waals surface area contributed by atoms with E-state index in [9.17, 15) is 4.79 Å². The first-order valence-electron chi connectivity index (χ1n) is 10.1.